The number of rotatable bonds is 5. The molecule has 0 fully saturated rings. The number of anilines is 2. The van der Waals surface area contributed by atoms with Gasteiger partial charge in [-0.2, -0.15) is 0 Å². The molecule has 130 valence electrons. The van der Waals surface area contributed by atoms with Crippen LogP contribution in [0.2, 0.25) is 5.02 Å². The van der Waals surface area contributed by atoms with Crippen molar-refractivity contribution in [3.63, 3.8) is 0 Å². The molecule has 0 amide bonds. The average molecular weight is 372 g/mol. The number of nitro benzene ring substituents is 1. The van der Waals surface area contributed by atoms with Crippen LogP contribution in [0, 0.1) is 10.1 Å². The number of aromatic nitrogens is 1. The van der Waals surface area contributed by atoms with Crippen molar-refractivity contribution in [1.29, 1.82) is 0 Å². The molecule has 0 spiro atoms. The highest BCUT2D eigenvalue weighted by atomic mass is 35.5. The molecule has 0 N–H and O–H groups in total. The zero-order chi connectivity index (χ0) is 18.3. The Balaban J connectivity index is 0.00000139. The Labute approximate surface area is 149 Å². The van der Waals surface area contributed by atoms with Gasteiger partial charge in [0.2, 0.25) is 0 Å². The van der Waals surface area contributed by atoms with E-state index in [1.807, 2.05) is 13.8 Å². The van der Waals surface area contributed by atoms with Crippen molar-refractivity contribution < 1.29 is 14.5 Å². The third kappa shape index (κ3) is 4.42. The maximum Gasteiger partial charge on any atom is 0.352 e. The first kappa shape index (κ1) is 19.9. The summed E-state index contributed by atoms with van der Waals surface area (Å²) in [6.45, 7) is 5.94. The molecular formula is C15H18ClN3O4S. The zero-order valence-electron chi connectivity index (χ0n) is 13.8. The molecule has 2 aromatic rings. The summed E-state index contributed by atoms with van der Waals surface area (Å²) in [5.74, 6) is -0.211. The van der Waals surface area contributed by atoms with Crippen molar-refractivity contribution in [3.05, 3.63) is 43.7 Å². The average Bonchev–Trinajstić information content (AvgIpc) is 3.06. The molecule has 0 unspecified atom stereocenters. The van der Waals surface area contributed by atoms with Crippen LogP contribution in [-0.2, 0) is 4.74 Å². The summed E-state index contributed by atoms with van der Waals surface area (Å²) in [5.41, 5.74) is 1.60. The Hall–Kier alpha value is -2.19. The van der Waals surface area contributed by atoms with E-state index in [0.29, 0.717) is 5.82 Å². The van der Waals surface area contributed by atoms with Crippen LogP contribution in [0.4, 0.5) is 17.2 Å². The van der Waals surface area contributed by atoms with Gasteiger partial charge in [0.15, 0.2) is 10.7 Å². The fraction of sp³-hybridized carbons (Fsp3) is 0.333. The lowest BCUT2D eigenvalue weighted by atomic mass is 10.2. The maximum absolute atomic E-state index is 11.9. The van der Waals surface area contributed by atoms with Crippen molar-refractivity contribution in [3.8, 4) is 0 Å². The smallest absolute Gasteiger partial charge is 0.352 e. The van der Waals surface area contributed by atoms with E-state index in [0.717, 1.165) is 11.3 Å². The predicted molar refractivity (Wildman–Crippen MR) is 95.6 cm³/mol. The Bertz CT molecular complexity index is 720. The van der Waals surface area contributed by atoms with E-state index in [1.54, 1.807) is 14.0 Å². The molecule has 0 saturated carbocycles. The van der Waals surface area contributed by atoms with Crippen LogP contribution in [-0.4, -0.2) is 29.5 Å². The molecule has 0 atom stereocenters. The monoisotopic (exact) mass is 371 g/mol. The zero-order valence-corrected chi connectivity index (χ0v) is 15.3. The highest BCUT2D eigenvalue weighted by Crippen LogP contribution is 2.36. The first-order chi connectivity index (χ1) is 11.5. The number of thiazole rings is 1. The Morgan fingerprint density at radius 3 is 2.71 bits per heavy atom. The van der Waals surface area contributed by atoms with Crippen molar-refractivity contribution in [2.24, 2.45) is 0 Å². The predicted octanol–water partition coefficient (Wildman–Crippen LogP) is 4.68. The van der Waals surface area contributed by atoms with Crippen molar-refractivity contribution >= 4 is 46.1 Å². The number of nitrogens with zero attached hydrogens (tertiary/aromatic N) is 3. The lowest BCUT2D eigenvalue weighted by molar-refractivity contribution is -0.384. The van der Waals surface area contributed by atoms with Gasteiger partial charge in [0.1, 0.15) is 5.69 Å². The van der Waals surface area contributed by atoms with E-state index < -0.39 is 10.9 Å². The number of hydrogen-bond donors (Lipinski definition) is 0. The molecule has 0 aliphatic rings. The second-order valence-electron chi connectivity index (χ2n) is 4.17. The number of esters is 1. The van der Waals surface area contributed by atoms with E-state index in [9.17, 15) is 14.9 Å². The largest absolute Gasteiger partial charge is 0.462 e. The summed E-state index contributed by atoms with van der Waals surface area (Å²) in [6.07, 6.45) is 0. The lowest BCUT2D eigenvalue weighted by Crippen LogP contribution is -2.16. The fourth-order valence-corrected chi connectivity index (χ4v) is 2.73. The second kappa shape index (κ2) is 9.19. The molecule has 0 saturated heterocycles. The molecule has 0 aliphatic heterocycles. The number of carbonyl (C=O) groups is 1. The van der Waals surface area contributed by atoms with E-state index in [-0.39, 0.29) is 27.9 Å². The van der Waals surface area contributed by atoms with Crippen LogP contribution in [0.5, 0.6) is 0 Å². The normalized spacial score (nSPS) is 9.71. The summed E-state index contributed by atoms with van der Waals surface area (Å²) in [4.78, 5) is 28.4. The molecule has 24 heavy (non-hydrogen) atoms. The molecule has 0 aliphatic carbocycles. The van der Waals surface area contributed by atoms with E-state index in [4.69, 9.17) is 16.3 Å². The summed E-state index contributed by atoms with van der Waals surface area (Å²) >= 11 is 6.92. The molecule has 9 heteroatoms. The Morgan fingerprint density at radius 2 is 2.12 bits per heavy atom. The van der Waals surface area contributed by atoms with Crippen molar-refractivity contribution in [1.82, 2.24) is 4.98 Å². The highest BCUT2D eigenvalue weighted by Gasteiger charge is 2.25. The van der Waals surface area contributed by atoms with Crippen LogP contribution in [0.25, 0.3) is 0 Å². The van der Waals surface area contributed by atoms with Crippen LogP contribution in [0.15, 0.2) is 23.7 Å². The number of halogens is 1. The molecule has 1 aromatic heterocycles. The number of nitro groups is 1. The molecule has 2 rings (SSSR count). The summed E-state index contributed by atoms with van der Waals surface area (Å²) in [7, 11) is 1.59. The minimum atomic E-state index is -0.534. The number of hydrogen-bond acceptors (Lipinski definition) is 7. The molecule has 1 aromatic carbocycles. The standard InChI is InChI=1S/C13H12ClN3O4S.C2H6/c1-3-21-13(18)11-12(15-7-22-11)16(2)9-5-4-8(14)6-10(9)17(19)20;1-2/h4-7H,3H2,1-2H3;1-2H3. The van der Waals surface area contributed by atoms with Crippen LogP contribution >= 0.6 is 22.9 Å². The van der Waals surface area contributed by atoms with Crippen LogP contribution < -0.4 is 4.90 Å². The quantitative estimate of drug-likeness (QED) is 0.431. The maximum atomic E-state index is 11.9. The first-order valence-corrected chi connectivity index (χ1v) is 8.49. The van der Waals surface area contributed by atoms with Gasteiger partial charge >= 0.3 is 5.97 Å². The van der Waals surface area contributed by atoms with Gasteiger partial charge in [-0.05, 0) is 19.1 Å². The number of ether oxygens (including phenoxy) is 1. The molecule has 7 nitrogen and oxygen atoms in total. The SMILES string of the molecule is CC.CCOC(=O)c1scnc1N(C)c1ccc(Cl)cc1[N+](=O)[O-]. The molecule has 1 heterocycles. The number of carbonyl (C=O) groups excluding carboxylic acids is 1. The molecular weight excluding hydrogens is 354 g/mol. The first-order valence-electron chi connectivity index (χ1n) is 7.24. The third-order valence-electron chi connectivity index (χ3n) is 2.82. The third-order valence-corrected chi connectivity index (χ3v) is 3.85. The van der Waals surface area contributed by atoms with Gasteiger partial charge in [0.05, 0.1) is 17.0 Å². The van der Waals surface area contributed by atoms with E-state index >= 15 is 0 Å². The minimum Gasteiger partial charge on any atom is -0.462 e. The lowest BCUT2D eigenvalue weighted by Gasteiger charge is -2.18. The summed E-state index contributed by atoms with van der Waals surface area (Å²) in [5, 5.41) is 11.4. The molecule has 0 radical (unpaired) electrons. The van der Waals surface area contributed by atoms with Crippen LogP contribution in [0.3, 0.4) is 0 Å². The van der Waals surface area contributed by atoms with Gasteiger partial charge in [0.25, 0.3) is 5.69 Å². The van der Waals surface area contributed by atoms with Gasteiger partial charge in [-0.1, -0.05) is 25.4 Å². The topological polar surface area (TPSA) is 85.6 Å². The van der Waals surface area contributed by atoms with E-state index in [1.165, 1.54) is 28.6 Å². The fourth-order valence-electron chi connectivity index (χ4n) is 1.86. The molecule has 0 bridgehead atoms. The Kier molecular flexibility index (Phi) is 7.60. The Morgan fingerprint density at radius 1 is 1.46 bits per heavy atom. The summed E-state index contributed by atoms with van der Waals surface area (Å²) < 4.78 is 4.96. The number of benzene rings is 1. The van der Waals surface area contributed by atoms with Gasteiger partial charge in [-0.25, -0.2) is 9.78 Å². The summed E-state index contributed by atoms with van der Waals surface area (Å²) in [6, 6.07) is 4.30. The second-order valence-corrected chi connectivity index (χ2v) is 5.47. The van der Waals surface area contributed by atoms with Crippen molar-refractivity contribution in [2.45, 2.75) is 20.8 Å². The van der Waals surface area contributed by atoms with Crippen LogP contribution in [0.1, 0.15) is 30.4 Å². The minimum absolute atomic E-state index is 0.169. The van der Waals surface area contributed by atoms with Gasteiger partial charge in [-0.3, -0.25) is 10.1 Å². The van der Waals surface area contributed by atoms with Crippen molar-refractivity contribution in [2.75, 3.05) is 18.6 Å². The van der Waals surface area contributed by atoms with E-state index in [2.05, 4.69) is 4.98 Å². The van der Waals surface area contributed by atoms with Gasteiger partial charge < -0.3 is 9.64 Å². The highest BCUT2D eigenvalue weighted by molar-refractivity contribution is 7.12. The van der Waals surface area contributed by atoms with Gasteiger partial charge in [0, 0.05) is 18.1 Å². The van der Waals surface area contributed by atoms with Gasteiger partial charge in [-0.15, -0.1) is 11.3 Å².